The Labute approximate surface area is 153 Å². The van der Waals surface area contributed by atoms with Crippen LogP contribution in [-0.2, 0) is 14.3 Å². The lowest BCUT2D eigenvalue weighted by atomic mass is 10.0. The first kappa shape index (κ1) is 19.1. The molecule has 0 heterocycles. The maximum atomic E-state index is 12.1. The van der Waals surface area contributed by atoms with Crippen molar-refractivity contribution < 1.29 is 14.3 Å². The molecular formula is C20H23NO3S. The van der Waals surface area contributed by atoms with Gasteiger partial charge in [-0.3, -0.25) is 9.59 Å². The van der Waals surface area contributed by atoms with Gasteiger partial charge in [0.15, 0.2) is 6.61 Å². The van der Waals surface area contributed by atoms with Crippen molar-refractivity contribution >= 4 is 23.6 Å². The fraction of sp³-hybridized carbons (Fsp3) is 0.300. The summed E-state index contributed by atoms with van der Waals surface area (Å²) in [6, 6.07) is 19.4. The molecule has 0 aliphatic heterocycles. The molecule has 2 aromatic rings. The van der Waals surface area contributed by atoms with E-state index < -0.39 is 5.97 Å². The third kappa shape index (κ3) is 7.01. The summed E-state index contributed by atoms with van der Waals surface area (Å²) in [5.41, 5.74) is 1.06. The van der Waals surface area contributed by atoms with Crippen molar-refractivity contribution in [3.8, 4) is 0 Å². The summed E-state index contributed by atoms with van der Waals surface area (Å²) < 4.78 is 5.07. The van der Waals surface area contributed by atoms with Crippen LogP contribution in [0.4, 0.5) is 0 Å². The zero-order valence-corrected chi connectivity index (χ0v) is 15.1. The van der Waals surface area contributed by atoms with E-state index in [1.807, 2.05) is 60.7 Å². The molecule has 5 heteroatoms. The molecule has 0 fully saturated rings. The number of hydrogen-bond acceptors (Lipinski definition) is 4. The third-order valence-electron chi connectivity index (χ3n) is 3.58. The van der Waals surface area contributed by atoms with Crippen LogP contribution in [0.5, 0.6) is 0 Å². The first-order valence-corrected chi connectivity index (χ1v) is 9.35. The Balaban J connectivity index is 1.75. The first-order chi connectivity index (χ1) is 12.2. The van der Waals surface area contributed by atoms with Crippen LogP contribution in [0.15, 0.2) is 65.6 Å². The van der Waals surface area contributed by atoms with E-state index in [9.17, 15) is 9.59 Å². The fourth-order valence-corrected chi connectivity index (χ4v) is 3.10. The molecule has 0 aliphatic carbocycles. The van der Waals surface area contributed by atoms with Gasteiger partial charge >= 0.3 is 5.97 Å². The number of nitrogens with one attached hydrogen (secondary N) is 1. The van der Waals surface area contributed by atoms with Crippen molar-refractivity contribution in [2.24, 2.45) is 0 Å². The summed E-state index contributed by atoms with van der Waals surface area (Å²) in [4.78, 5) is 24.9. The van der Waals surface area contributed by atoms with Crippen molar-refractivity contribution in [3.05, 3.63) is 66.2 Å². The lowest BCUT2D eigenvalue weighted by molar-refractivity contribution is -0.146. The molecule has 0 spiro atoms. The highest BCUT2D eigenvalue weighted by molar-refractivity contribution is 8.00. The number of thioether (sulfide) groups is 1. The Morgan fingerprint density at radius 3 is 2.32 bits per heavy atom. The van der Waals surface area contributed by atoms with Gasteiger partial charge in [-0.25, -0.2) is 0 Å². The molecule has 2 rings (SSSR count). The van der Waals surface area contributed by atoms with Crippen molar-refractivity contribution in [3.63, 3.8) is 0 Å². The molecular weight excluding hydrogens is 334 g/mol. The highest BCUT2D eigenvalue weighted by Gasteiger charge is 2.15. The average molecular weight is 357 g/mol. The van der Waals surface area contributed by atoms with E-state index >= 15 is 0 Å². The highest BCUT2D eigenvalue weighted by Crippen LogP contribution is 2.18. The largest absolute Gasteiger partial charge is 0.455 e. The minimum atomic E-state index is -0.393. The van der Waals surface area contributed by atoms with Crippen LogP contribution >= 0.6 is 11.8 Å². The van der Waals surface area contributed by atoms with Gasteiger partial charge < -0.3 is 10.1 Å². The van der Waals surface area contributed by atoms with Gasteiger partial charge in [-0.05, 0) is 24.1 Å². The van der Waals surface area contributed by atoms with Gasteiger partial charge in [-0.1, -0.05) is 61.9 Å². The highest BCUT2D eigenvalue weighted by atomic mass is 32.2. The van der Waals surface area contributed by atoms with E-state index in [2.05, 4.69) is 12.2 Å². The number of hydrogen-bond donors (Lipinski definition) is 1. The maximum absolute atomic E-state index is 12.1. The topological polar surface area (TPSA) is 55.4 Å². The number of carbonyl (C=O) groups is 2. The summed E-state index contributed by atoms with van der Waals surface area (Å²) in [5.74, 6) is -0.481. The molecule has 25 heavy (non-hydrogen) atoms. The van der Waals surface area contributed by atoms with Crippen LogP contribution in [-0.4, -0.2) is 24.2 Å². The van der Waals surface area contributed by atoms with Gasteiger partial charge in [0.05, 0.1) is 11.8 Å². The number of carbonyl (C=O) groups excluding carboxylic acids is 2. The molecule has 2 aromatic carbocycles. The summed E-state index contributed by atoms with van der Waals surface area (Å²) in [7, 11) is 0. The van der Waals surface area contributed by atoms with Gasteiger partial charge in [-0.15, -0.1) is 11.8 Å². The van der Waals surface area contributed by atoms with E-state index in [0.717, 1.165) is 23.3 Å². The van der Waals surface area contributed by atoms with E-state index in [-0.39, 0.29) is 24.3 Å². The molecule has 4 nitrogen and oxygen atoms in total. The number of benzene rings is 2. The first-order valence-electron chi connectivity index (χ1n) is 8.37. The zero-order chi connectivity index (χ0) is 17.9. The number of ether oxygens (including phenoxy) is 1. The van der Waals surface area contributed by atoms with Crippen LogP contribution in [0.25, 0.3) is 0 Å². The average Bonchev–Trinajstić information content (AvgIpc) is 2.66. The standard InChI is InChI=1S/C20H23NO3S/c1-2-9-18(16-10-5-3-6-11-16)21-19(22)14-24-20(23)15-25-17-12-7-4-8-13-17/h3-8,10-13,18H,2,9,14-15H2,1H3,(H,21,22)/t18-/m0/s1. The molecule has 0 aliphatic rings. The van der Waals surface area contributed by atoms with E-state index in [4.69, 9.17) is 4.74 Å². The molecule has 0 radical (unpaired) electrons. The second-order valence-corrected chi connectivity index (χ2v) is 6.63. The van der Waals surface area contributed by atoms with Crippen LogP contribution in [0.1, 0.15) is 31.4 Å². The van der Waals surface area contributed by atoms with Crippen molar-refractivity contribution in [1.82, 2.24) is 5.32 Å². The monoisotopic (exact) mass is 357 g/mol. The SMILES string of the molecule is CCC[C@H](NC(=O)COC(=O)CSc1ccccc1)c1ccccc1. The van der Waals surface area contributed by atoms with Gasteiger partial charge in [0.2, 0.25) is 0 Å². The van der Waals surface area contributed by atoms with Crippen molar-refractivity contribution in [2.75, 3.05) is 12.4 Å². The Morgan fingerprint density at radius 2 is 1.68 bits per heavy atom. The number of esters is 1. The lowest BCUT2D eigenvalue weighted by Gasteiger charge is -2.18. The molecule has 0 saturated heterocycles. The van der Waals surface area contributed by atoms with Gasteiger partial charge in [0, 0.05) is 4.90 Å². The van der Waals surface area contributed by atoms with Gasteiger partial charge in [0.25, 0.3) is 5.91 Å². The Hall–Kier alpha value is -2.27. The summed E-state index contributed by atoms with van der Waals surface area (Å²) in [6.07, 6.45) is 1.79. The van der Waals surface area contributed by atoms with E-state index in [1.165, 1.54) is 11.8 Å². The van der Waals surface area contributed by atoms with Gasteiger partial charge in [-0.2, -0.15) is 0 Å². The Bertz CT molecular complexity index is 661. The summed E-state index contributed by atoms with van der Waals surface area (Å²) >= 11 is 1.39. The molecule has 1 amide bonds. The molecule has 0 unspecified atom stereocenters. The molecule has 1 N–H and O–H groups in total. The van der Waals surface area contributed by atoms with Crippen LogP contribution in [0.3, 0.4) is 0 Å². The van der Waals surface area contributed by atoms with Crippen molar-refractivity contribution in [1.29, 1.82) is 0 Å². The quantitative estimate of drug-likeness (QED) is 0.545. The Kier molecular flexibility index (Phi) is 8.05. The lowest BCUT2D eigenvalue weighted by Crippen LogP contribution is -2.32. The second kappa shape index (κ2) is 10.6. The van der Waals surface area contributed by atoms with Crippen molar-refractivity contribution in [2.45, 2.75) is 30.7 Å². The molecule has 1 atom stereocenters. The second-order valence-electron chi connectivity index (χ2n) is 5.58. The molecule has 0 saturated carbocycles. The maximum Gasteiger partial charge on any atom is 0.316 e. The molecule has 0 aromatic heterocycles. The summed E-state index contributed by atoms with van der Waals surface area (Å²) in [5, 5.41) is 2.94. The molecule has 0 bridgehead atoms. The smallest absolute Gasteiger partial charge is 0.316 e. The predicted octanol–water partition coefficient (Wildman–Crippen LogP) is 3.98. The fourth-order valence-electron chi connectivity index (χ4n) is 2.38. The zero-order valence-electron chi connectivity index (χ0n) is 14.3. The van der Waals surface area contributed by atoms with Crippen LogP contribution in [0, 0.1) is 0 Å². The predicted molar refractivity (Wildman–Crippen MR) is 100 cm³/mol. The Morgan fingerprint density at radius 1 is 1.04 bits per heavy atom. The minimum Gasteiger partial charge on any atom is -0.455 e. The number of rotatable bonds is 9. The van der Waals surface area contributed by atoms with E-state index in [1.54, 1.807) is 0 Å². The van der Waals surface area contributed by atoms with Crippen LogP contribution in [0.2, 0.25) is 0 Å². The van der Waals surface area contributed by atoms with Gasteiger partial charge in [0.1, 0.15) is 0 Å². The minimum absolute atomic E-state index is 0.0592. The van der Waals surface area contributed by atoms with Crippen LogP contribution < -0.4 is 5.32 Å². The summed E-state index contributed by atoms with van der Waals surface area (Å²) in [6.45, 7) is 1.82. The molecule has 132 valence electrons. The normalized spacial score (nSPS) is 11.6. The number of amides is 1. The third-order valence-corrected chi connectivity index (χ3v) is 4.56. The van der Waals surface area contributed by atoms with E-state index in [0.29, 0.717) is 0 Å².